The van der Waals surface area contributed by atoms with E-state index < -0.39 is 26.0 Å². The van der Waals surface area contributed by atoms with Crippen molar-refractivity contribution in [3.05, 3.63) is 0 Å². The third kappa shape index (κ3) is 2.81. The van der Waals surface area contributed by atoms with E-state index in [4.69, 9.17) is 0 Å². The molecule has 0 aliphatic carbocycles. The molecule has 0 saturated carbocycles. The van der Waals surface area contributed by atoms with Crippen LogP contribution in [0.25, 0.3) is 0 Å². The highest BCUT2D eigenvalue weighted by Gasteiger charge is 2.09. The molecule has 6 heteroatoms. The van der Waals surface area contributed by atoms with Gasteiger partial charge in [0, 0.05) is 0 Å². The van der Waals surface area contributed by atoms with Gasteiger partial charge >= 0.3 is 0 Å². The summed E-state index contributed by atoms with van der Waals surface area (Å²) in [4.78, 5) is 0. The second-order valence-electron chi connectivity index (χ2n) is 1.46. The molecule has 4 nitrogen and oxygen atoms in total. The van der Waals surface area contributed by atoms with Crippen molar-refractivity contribution in [1.29, 1.82) is 0 Å². The van der Waals surface area contributed by atoms with E-state index in [-0.39, 0.29) is 6.42 Å². The minimum atomic E-state index is -2.80. The molecule has 0 unspecified atom stereocenters. The lowest BCUT2D eigenvalue weighted by atomic mass is 10.6. The average Bonchev–Trinajstić information content (AvgIpc) is 1.64. The predicted molar refractivity (Wildman–Crippen MR) is 34.7 cm³/mol. The van der Waals surface area contributed by atoms with Gasteiger partial charge in [-0.15, -0.1) is 0 Å². The Morgan fingerprint density at radius 3 is 1.44 bits per heavy atom. The van der Waals surface area contributed by atoms with Crippen LogP contribution in [0.3, 0.4) is 0 Å². The molecule has 0 heterocycles. The van der Waals surface area contributed by atoms with Crippen molar-refractivity contribution in [2.45, 2.75) is 17.9 Å². The summed E-state index contributed by atoms with van der Waals surface area (Å²) in [6, 6.07) is 0. The second kappa shape index (κ2) is 3.84. The van der Waals surface area contributed by atoms with Crippen molar-refractivity contribution in [1.82, 2.24) is 0 Å². The van der Waals surface area contributed by atoms with Gasteiger partial charge in [0.15, 0.2) is 26.0 Å². The minimum Gasteiger partial charge on any atom is -0.231 e. The maximum atomic E-state index is 10.0. The van der Waals surface area contributed by atoms with E-state index in [1.54, 1.807) is 0 Å². The van der Waals surface area contributed by atoms with Crippen LogP contribution in [0.4, 0.5) is 0 Å². The molecule has 9 heavy (non-hydrogen) atoms. The van der Waals surface area contributed by atoms with Crippen molar-refractivity contribution < 1.29 is 16.8 Å². The van der Waals surface area contributed by atoms with Gasteiger partial charge in [0.1, 0.15) is 0 Å². The molecule has 0 fully saturated rings. The van der Waals surface area contributed by atoms with Crippen molar-refractivity contribution in [2.24, 2.45) is 0 Å². The summed E-state index contributed by atoms with van der Waals surface area (Å²) < 4.78 is 38.9. The van der Waals surface area contributed by atoms with E-state index in [1.165, 1.54) is 6.92 Å². The molecule has 56 valence electrons. The van der Waals surface area contributed by atoms with Gasteiger partial charge in [0.2, 0.25) is 0 Å². The van der Waals surface area contributed by atoms with Crippen molar-refractivity contribution in [3.63, 3.8) is 0 Å². The average molecular weight is 172 g/mol. The summed E-state index contributed by atoms with van der Waals surface area (Å²) in [5.74, 6) is 0. The monoisotopic (exact) mass is 172 g/mol. The first-order valence-electron chi connectivity index (χ1n) is 2.36. The summed E-state index contributed by atoms with van der Waals surface area (Å²) in [6.45, 7) is 1.51. The smallest absolute Gasteiger partial charge is 0.157 e. The normalized spacial score (nSPS) is 11.6. The fourth-order valence-corrected chi connectivity index (χ4v) is 1.59. The van der Waals surface area contributed by atoms with Crippen LogP contribution < -0.4 is 0 Å². The molecule has 0 aliphatic rings. The molecule has 0 amide bonds. The van der Waals surface area contributed by atoms with Gasteiger partial charge in [-0.05, 0) is 6.42 Å². The fraction of sp³-hybridized carbons (Fsp3) is 1.00. The number of hydrogen-bond donors (Lipinski definition) is 2. The Morgan fingerprint density at radius 1 is 1.11 bits per heavy atom. The predicted octanol–water partition coefficient (Wildman–Crippen LogP) is -1.05. The maximum absolute atomic E-state index is 10.0. The molecule has 0 aromatic carbocycles. The lowest BCUT2D eigenvalue weighted by molar-refractivity contribution is 0.594. The summed E-state index contributed by atoms with van der Waals surface area (Å²) in [6.07, 6.45) is 0.136. The van der Waals surface area contributed by atoms with E-state index >= 15 is 0 Å². The Morgan fingerprint density at radius 2 is 1.44 bits per heavy atom. The van der Waals surface area contributed by atoms with Crippen LogP contribution >= 0.6 is 0 Å². The molecule has 0 bridgehead atoms. The van der Waals surface area contributed by atoms with Crippen LogP contribution in [0.1, 0.15) is 13.3 Å². The van der Waals surface area contributed by atoms with Gasteiger partial charge in [-0.25, -0.2) is 16.8 Å². The van der Waals surface area contributed by atoms with Gasteiger partial charge in [0.05, 0.1) is 0 Å². The van der Waals surface area contributed by atoms with Crippen LogP contribution in [0, 0.1) is 0 Å². The van der Waals surface area contributed by atoms with Crippen LogP contribution in [-0.4, -0.2) is 21.4 Å². The van der Waals surface area contributed by atoms with E-state index in [9.17, 15) is 16.8 Å². The first-order valence-corrected chi connectivity index (χ1v) is 4.86. The third-order valence-electron chi connectivity index (χ3n) is 0.852. The van der Waals surface area contributed by atoms with Gasteiger partial charge in [0.25, 0.3) is 0 Å². The summed E-state index contributed by atoms with van der Waals surface area (Å²) in [5.41, 5.74) is 0. The van der Waals surface area contributed by atoms with E-state index in [1.807, 2.05) is 0 Å². The standard InChI is InChI=1S/C3H8O4S2/c1-2-3(8(4)5)9(6)7/h3,8-9H,2H2,1H3. The molecule has 0 atom stereocenters. The molecule has 0 saturated heterocycles. The molecule has 0 spiro atoms. The van der Waals surface area contributed by atoms with Crippen molar-refractivity contribution in [3.8, 4) is 0 Å². The Labute approximate surface area is 56.8 Å². The second-order valence-corrected chi connectivity index (χ2v) is 4.26. The summed E-state index contributed by atoms with van der Waals surface area (Å²) in [7, 11) is -5.60. The summed E-state index contributed by atoms with van der Waals surface area (Å²) in [5, 5.41) is 0. The highest BCUT2D eigenvalue weighted by atomic mass is 32.2. The third-order valence-corrected chi connectivity index (χ3v) is 3.69. The Bertz CT molecular complexity index is 176. The zero-order valence-electron chi connectivity index (χ0n) is 4.81. The molecular formula is C3H8O4S2. The minimum absolute atomic E-state index is 0.136. The van der Waals surface area contributed by atoms with Crippen molar-refractivity contribution >= 4 is 21.4 Å². The van der Waals surface area contributed by atoms with Gasteiger partial charge in [-0.1, -0.05) is 6.92 Å². The van der Waals surface area contributed by atoms with E-state index in [0.717, 1.165) is 0 Å². The molecule has 0 rings (SSSR count). The first kappa shape index (κ1) is 8.90. The Kier molecular flexibility index (Phi) is 3.79. The lowest BCUT2D eigenvalue weighted by Crippen LogP contribution is -2.09. The molecule has 0 aromatic heterocycles. The van der Waals surface area contributed by atoms with Gasteiger partial charge < -0.3 is 0 Å². The Hall–Kier alpha value is -0.100. The fourth-order valence-electron chi connectivity index (χ4n) is 0.375. The molecule has 0 aromatic rings. The molecule has 0 radical (unpaired) electrons. The highest BCUT2D eigenvalue weighted by Crippen LogP contribution is 1.94. The zero-order chi connectivity index (χ0) is 7.44. The van der Waals surface area contributed by atoms with Crippen LogP contribution in [-0.2, 0) is 21.4 Å². The van der Waals surface area contributed by atoms with Crippen molar-refractivity contribution in [2.75, 3.05) is 0 Å². The lowest BCUT2D eigenvalue weighted by Gasteiger charge is -1.92. The SMILES string of the molecule is CCC([SH](=O)=O)[SH](=O)=O. The topological polar surface area (TPSA) is 68.3 Å². The van der Waals surface area contributed by atoms with Gasteiger partial charge in [-0.2, -0.15) is 0 Å². The highest BCUT2D eigenvalue weighted by molar-refractivity contribution is 7.91. The Balaban J connectivity index is 4.35. The van der Waals surface area contributed by atoms with Crippen LogP contribution in [0.2, 0.25) is 0 Å². The van der Waals surface area contributed by atoms with E-state index in [2.05, 4.69) is 0 Å². The molecular weight excluding hydrogens is 164 g/mol. The maximum Gasteiger partial charge on any atom is 0.157 e. The molecule has 0 N–H and O–H groups in total. The van der Waals surface area contributed by atoms with Crippen LogP contribution in [0.15, 0.2) is 0 Å². The van der Waals surface area contributed by atoms with E-state index in [0.29, 0.717) is 0 Å². The van der Waals surface area contributed by atoms with Crippen LogP contribution in [0.5, 0.6) is 0 Å². The summed E-state index contributed by atoms with van der Waals surface area (Å²) >= 11 is 0. The number of rotatable bonds is 3. The number of hydrogen-bond acceptors (Lipinski definition) is 4. The quantitative estimate of drug-likeness (QED) is 0.533. The first-order chi connectivity index (χ1) is 4.09. The largest absolute Gasteiger partial charge is 0.231 e. The molecule has 0 aliphatic heterocycles. The van der Waals surface area contributed by atoms with Gasteiger partial charge in [-0.3, -0.25) is 0 Å². The zero-order valence-corrected chi connectivity index (χ0v) is 6.60. The number of thiol groups is 2.